The minimum Gasteiger partial charge on any atom is -0.229 e. The van der Waals surface area contributed by atoms with Crippen molar-refractivity contribution >= 4 is 9.84 Å². The highest BCUT2D eigenvalue weighted by Crippen LogP contribution is 2.49. The molecule has 2 rings (SSSR count). The molecule has 3 heteroatoms. The minimum absolute atomic E-state index is 0.188. The Balaban J connectivity index is 1.96. The smallest absolute Gasteiger partial charge is 0.151 e. The summed E-state index contributed by atoms with van der Waals surface area (Å²) in [6.45, 7) is 6.85. The number of sulfone groups is 1. The molecule has 94 valence electrons. The van der Waals surface area contributed by atoms with Gasteiger partial charge in [0.1, 0.15) is 0 Å². The Morgan fingerprint density at radius 1 is 1.25 bits per heavy atom. The van der Waals surface area contributed by atoms with Crippen molar-refractivity contribution in [3.8, 4) is 0 Å². The molecule has 0 radical (unpaired) electrons. The SMILES string of the molecule is CC(C)(C)CC1CCCC2(C1)CS(=O)(=O)C2. The van der Waals surface area contributed by atoms with Crippen LogP contribution in [0.15, 0.2) is 0 Å². The third-order valence-corrected chi connectivity index (χ3v) is 6.10. The molecule has 1 saturated carbocycles. The van der Waals surface area contributed by atoms with Crippen LogP contribution in [0.2, 0.25) is 0 Å². The van der Waals surface area contributed by atoms with E-state index in [-0.39, 0.29) is 5.41 Å². The molecule has 0 N–H and O–H groups in total. The van der Waals surface area contributed by atoms with E-state index in [0.717, 1.165) is 18.8 Å². The summed E-state index contributed by atoms with van der Waals surface area (Å²) in [5.41, 5.74) is 0.568. The van der Waals surface area contributed by atoms with Crippen LogP contribution in [-0.4, -0.2) is 19.9 Å². The summed E-state index contributed by atoms with van der Waals surface area (Å²) < 4.78 is 22.7. The van der Waals surface area contributed by atoms with Crippen molar-refractivity contribution in [2.45, 2.75) is 52.9 Å². The molecule has 2 nitrogen and oxygen atoms in total. The van der Waals surface area contributed by atoms with Crippen LogP contribution in [0.5, 0.6) is 0 Å². The second-order valence-corrected chi connectivity index (χ2v) is 9.32. The van der Waals surface area contributed by atoms with Crippen LogP contribution in [0.3, 0.4) is 0 Å². The summed E-state index contributed by atoms with van der Waals surface area (Å²) in [4.78, 5) is 0. The van der Waals surface area contributed by atoms with Crippen LogP contribution in [0, 0.1) is 16.7 Å². The fourth-order valence-corrected chi connectivity index (χ4v) is 6.08. The molecule has 0 aromatic carbocycles. The summed E-state index contributed by atoms with van der Waals surface area (Å²) >= 11 is 0. The maximum atomic E-state index is 11.4. The fourth-order valence-electron chi connectivity index (χ4n) is 3.78. The van der Waals surface area contributed by atoms with E-state index in [1.807, 2.05) is 0 Å². The van der Waals surface area contributed by atoms with E-state index >= 15 is 0 Å². The van der Waals surface area contributed by atoms with Gasteiger partial charge in [-0.2, -0.15) is 0 Å². The molecule has 1 atom stereocenters. The van der Waals surface area contributed by atoms with Gasteiger partial charge in [-0.1, -0.05) is 33.6 Å². The standard InChI is InChI=1S/C13H24O2S/c1-12(2,3)7-11-5-4-6-13(8-11)9-16(14,15)10-13/h11H,4-10H2,1-3H3. The molecular weight excluding hydrogens is 220 g/mol. The van der Waals surface area contributed by atoms with Gasteiger partial charge in [0, 0.05) is 0 Å². The summed E-state index contributed by atoms with van der Waals surface area (Å²) in [5.74, 6) is 1.70. The van der Waals surface area contributed by atoms with E-state index < -0.39 is 9.84 Å². The maximum Gasteiger partial charge on any atom is 0.151 e. The summed E-state index contributed by atoms with van der Waals surface area (Å²) in [7, 11) is -2.66. The van der Waals surface area contributed by atoms with Crippen molar-refractivity contribution in [3.63, 3.8) is 0 Å². The van der Waals surface area contributed by atoms with E-state index in [2.05, 4.69) is 20.8 Å². The second kappa shape index (κ2) is 3.72. The van der Waals surface area contributed by atoms with Crippen LogP contribution >= 0.6 is 0 Å². The van der Waals surface area contributed by atoms with Crippen LogP contribution in [0.1, 0.15) is 52.9 Å². The lowest BCUT2D eigenvalue weighted by atomic mass is 9.67. The third kappa shape index (κ3) is 2.79. The van der Waals surface area contributed by atoms with Gasteiger partial charge in [0.25, 0.3) is 0 Å². The number of rotatable bonds is 1. The lowest BCUT2D eigenvalue weighted by Gasteiger charge is -2.47. The van der Waals surface area contributed by atoms with E-state index in [1.165, 1.54) is 19.3 Å². The Labute approximate surface area is 99.7 Å². The first-order valence-electron chi connectivity index (χ1n) is 6.40. The quantitative estimate of drug-likeness (QED) is 0.710. The van der Waals surface area contributed by atoms with Crippen molar-refractivity contribution < 1.29 is 8.42 Å². The normalized spacial score (nSPS) is 32.3. The minimum atomic E-state index is -2.66. The average Bonchev–Trinajstić information content (AvgIpc) is 1.96. The molecule has 0 aromatic rings. The molecule has 2 aliphatic rings. The summed E-state index contributed by atoms with van der Waals surface area (Å²) in [6.07, 6.45) is 6.08. The van der Waals surface area contributed by atoms with Gasteiger partial charge in [-0.25, -0.2) is 8.42 Å². The molecule has 1 aliphatic heterocycles. The van der Waals surface area contributed by atoms with Crippen molar-refractivity contribution in [2.75, 3.05) is 11.5 Å². The van der Waals surface area contributed by atoms with Crippen LogP contribution < -0.4 is 0 Å². The van der Waals surface area contributed by atoms with Gasteiger partial charge >= 0.3 is 0 Å². The van der Waals surface area contributed by atoms with Gasteiger partial charge in [0.05, 0.1) is 11.5 Å². The van der Waals surface area contributed by atoms with Crippen molar-refractivity contribution in [2.24, 2.45) is 16.7 Å². The molecule has 1 aliphatic carbocycles. The lowest BCUT2D eigenvalue weighted by Crippen LogP contribution is -2.51. The molecule has 0 bridgehead atoms. The molecule has 1 heterocycles. The molecule has 1 saturated heterocycles. The molecule has 1 unspecified atom stereocenters. The zero-order valence-electron chi connectivity index (χ0n) is 10.8. The van der Waals surface area contributed by atoms with Gasteiger partial charge < -0.3 is 0 Å². The Morgan fingerprint density at radius 2 is 1.88 bits per heavy atom. The van der Waals surface area contributed by atoms with E-state index in [1.54, 1.807) is 0 Å². The molecule has 16 heavy (non-hydrogen) atoms. The molecular formula is C13H24O2S. The van der Waals surface area contributed by atoms with Crippen molar-refractivity contribution in [3.05, 3.63) is 0 Å². The van der Waals surface area contributed by atoms with Crippen LogP contribution in [0.4, 0.5) is 0 Å². The number of hydrogen-bond donors (Lipinski definition) is 0. The first kappa shape index (κ1) is 12.4. The highest BCUT2D eigenvalue weighted by molar-refractivity contribution is 7.92. The van der Waals surface area contributed by atoms with Gasteiger partial charge in [0.2, 0.25) is 0 Å². The Morgan fingerprint density at radius 3 is 2.38 bits per heavy atom. The predicted molar refractivity (Wildman–Crippen MR) is 67.1 cm³/mol. The van der Waals surface area contributed by atoms with Crippen LogP contribution in [0.25, 0.3) is 0 Å². The maximum absolute atomic E-state index is 11.4. The van der Waals surface area contributed by atoms with Crippen LogP contribution in [-0.2, 0) is 9.84 Å². The highest BCUT2D eigenvalue weighted by Gasteiger charge is 2.50. The second-order valence-electron chi connectivity index (χ2n) is 7.26. The first-order valence-corrected chi connectivity index (χ1v) is 8.22. The predicted octanol–water partition coefficient (Wildman–Crippen LogP) is 3.03. The Hall–Kier alpha value is -0.0500. The highest BCUT2D eigenvalue weighted by atomic mass is 32.2. The molecule has 1 spiro atoms. The van der Waals surface area contributed by atoms with E-state index in [0.29, 0.717) is 16.9 Å². The van der Waals surface area contributed by atoms with Crippen molar-refractivity contribution in [1.82, 2.24) is 0 Å². The fraction of sp³-hybridized carbons (Fsp3) is 1.00. The van der Waals surface area contributed by atoms with Gasteiger partial charge in [-0.05, 0) is 36.0 Å². The first-order chi connectivity index (χ1) is 7.20. The molecule has 0 aromatic heterocycles. The van der Waals surface area contributed by atoms with Gasteiger partial charge in [0.15, 0.2) is 9.84 Å². The Kier molecular flexibility index (Phi) is 2.89. The van der Waals surface area contributed by atoms with E-state index in [4.69, 9.17) is 0 Å². The zero-order valence-corrected chi connectivity index (χ0v) is 11.6. The monoisotopic (exact) mass is 244 g/mol. The number of hydrogen-bond acceptors (Lipinski definition) is 2. The Bertz CT molecular complexity index is 350. The van der Waals surface area contributed by atoms with E-state index in [9.17, 15) is 8.42 Å². The lowest BCUT2D eigenvalue weighted by molar-refractivity contribution is 0.134. The summed E-state index contributed by atoms with van der Waals surface area (Å²) in [6, 6.07) is 0. The van der Waals surface area contributed by atoms with Crippen molar-refractivity contribution in [1.29, 1.82) is 0 Å². The molecule has 2 fully saturated rings. The summed E-state index contributed by atoms with van der Waals surface area (Å²) in [5, 5.41) is 0. The average molecular weight is 244 g/mol. The third-order valence-electron chi connectivity index (χ3n) is 3.99. The van der Waals surface area contributed by atoms with Gasteiger partial charge in [-0.3, -0.25) is 0 Å². The van der Waals surface area contributed by atoms with Gasteiger partial charge in [-0.15, -0.1) is 0 Å². The molecule has 0 amide bonds. The largest absolute Gasteiger partial charge is 0.229 e. The zero-order chi connectivity index (χ0) is 12.0. The topological polar surface area (TPSA) is 34.1 Å².